The molecule has 0 saturated carbocycles. The summed E-state index contributed by atoms with van der Waals surface area (Å²) in [7, 11) is 0. The number of nitrogens with zero attached hydrogens (tertiary/aromatic N) is 4. The summed E-state index contributed by atoms with van der Waals surface area (Å²) in [5, 5.41) is 0.427. The smallest absolute Gasteiger partial charge is 0.272 e. The lowest BCUT2D eigenvalue weighted by molar-refractivity contribution is 0.0637. The maximum absolute atomic E-state index is 13.3. The summed E-state index contributed by atoms with van der Waals surface area (Å²) in [6, 6.07) is 3.14. The third-order valence-electron chi connectivity index (χ3n) is 6.37. The minimum Gasteiger partial charge on any atom is -0.375 e. The van der Waals surface area contributed by atoms with E-state index in [0.29, 0.717) is 30.2 Å². The Kier molecular flexibility index (Phi) is 7.08. The van der Waals surface area contributed by atoms with Crippen molar-refractivity contribution in [2.45, 2.75) is 51.5 Å². The Bertz CT molecular complexity index is 931. The highest BCUT2D eigenvalue weighted by Crippen LogP contribution is 2.31. The molecular formula is C22H29ClFN5OS. The van der Waals surface area contributed by atoms with Crippen molar-refractivity contribution in [1.82, 2.24) is 19.8 Å². The molecule has 31 heavy (non-hydrogen) atoms. The number of rotatable bonds is 6. The third kappa shape index (κ3) is 5.18. The molecule has 2 N–H and O–H groups in total. The van der Waals surface area contributed by atoms with Gasteiger partial charge in [0.1, 0.15) is 5.69 Å². The van der Waals surface area contributed by atoms with E-state index < -0.39 is 5.82 Å². The van der Waals surface area contributed by atoms with Crippen molar-refractivity contribution in [2.24, 2.45) is 5.92 Å². The van der Waals surface area contributed by atoms with Gasteiger partial charge in [-0.15, -0.1) is 11.3 Å². The van der Waals surface area contributed by atoms with Gasteiger partial charge in [0.15, 0.2) is 16.1 Å². The molecule has 1 aliphatic carbocycles. The average Bonchev–Trinajstić information content (AvgIpc) is 3.14. The molecule has 0 aromatic carbocycles. The fourth-order valence-corrected chi connectivity index (χ4v) is 5.85. The first-order valence-corrected chi connectivity index (χ1v) is 12.2. The van der Waals surface area contributed by atoms with Gasteiger partial charge in [-0.2, -0.15) is 0 Å². The number of piperidine rings is 1. The standard InChI is InChI=1S/C22H29ClFN5OS/c1-2-9-29(15-3-5-17-19(12-15)31-22(25)27-17)13-14-7-10-28(11-8-14)21(30)18-6-4-16(24)20(23)26-18/h4,6,14-15H,2-3,5,7-13H2,1H3,(H2,25,27)/t15-/m0/s1. The molecule has 9 heteroatoms. The molecule has 1 amide bonds. The van der Waals surface area contributed by atoms with Crippen LogP contribution in [-0.4, -0.2) is 57.9 Å². The summed E-state index contributed by atoms with van der Waals surface area (Å²) < 4.78 is 13.3. The number of hydrogen-bond acceptors (Lipinski definition) is 6. The van der Waals surface area contributed by atoms with Gasteiger partial charge in [-0.25, -0.2) is 14.4 Å². The number of carbonyl (C=O) groups is 1. The maximum Gasteiger partial charge on any atom is 0.272 e. The van der Waals surface area contributed by atoms with E-state index in [9.17, 15) is 9.18 Å². The number of amides is 1. The van der Waals surface area contributed by atoms with Gasteiger partial charge in [-0.05, 0) is 63.1 Å². The highest BCUT2D eigenvalue weighted by Gasteiger charge is 2.30. The zero-order chi connectivity index (χ0) is 22.0. The van der Waals surface area contributed by atoms with E-state index in [2.05, 4.69) is 21.8 Å². The van der Waals surface area contributed by atoms with Crippen molar-refractivity contribution >= 4 is 34.0 Å². The van der Waals surface area contributed by atoms with Gasteiger partial charge >= 0.3 is 0 Å². The summed E-state index contributed by atoms with van der Waals surface area (Å²) in [6.45, 7) is 5.77. The zero-order valence-corrected chi connectivity index (χ0v) is 19.4. The van der Waals surface area contributed by atoms with Crippen LogP contribution >= 0.6 is 22.9 Å². The Labute approximate surface area is 191 Å². The molecule has 0 unspecified atom stereocenters. The maximum atomic E-state index is 13.3. The van der Waals surface area contributed by atoms with E-state index in [1.807, 2.05) is 4.90 Å². The molecule has 2 aromatic rings. The Morgan fingerprint density at radius 3 is 2.81 bits per heavy atom. The van der Waals surface area contributed by atoms with Gasteiger partial charge in [0.25, 0.3) is 5.91 Å². The van der Waals surface area contributed by atoms with Gasteiger partial charge in [0.05, 0.1) is 5.69 Å². The molecule has 0 spiro atoms. The number of likely N-dealkylation sites (tertiary alicyclic amines) is 1. The molecule has 168 valence electrons. The highest BCUT2D eigenvalue weighted by atomic mass is 35.5. The van der Waals surface area contributed by atoms with Crippen LogP contribution in [-0.2, 0) is 12.8 Å². The molecule has 0 bridgehead atoms. The second-order valence-electron chi connectivity index (χ2n) is 8.52. The summed E-state index contributed by atoms with van der Waals surface area (Å²) in [4.78, 5) is 26.9. The van der Waals surface area contributed by atoms with Crippen LogP contribution in [0.5, 0.6) is 0 Å². The van der Waals surface area contributed by atoms with Gasteiger partial charge < -0.3 is 10.6 Å². The summed E-state index contributed by atoms with van der Waals surface area (Å²) in [5.41, 5.74) is 7.31. The second kappa shape index (κ2) is 9.79. The molecule has 6 nitrogen and oxygen atoms in total. The van der Waals surface area contributed by atoms with Crippen LogP contribution in [0.2, 0.25) is 5.15 Å². The number of nitrogen functional groups attached to an aromatic ring is 1. The number of carbonyl (C=O) groups excluding carboxylic acids is 1. The first-order chi connectivity index (χ1) is 14.9. The normalized spacial score (nSPS) is 19.6. The first-order valence-electron chi connectivity index (χ1n) is 11.0. The Morgan fingerprint density at radius 1 is 1.32 bits per heavy atom. The van der Waals surface area contributed by atoms with Crippen LogP contribution < -0.4 is 5.73 Å². The van der Waals surface area contributed by atoms with E-state index in [4.69, 9.17) is 17.3 Å². The minimum absolute atomic E-state index is 0.173. The van der Waals surface area contributed by atoms with E-state index in [0.717, 1.165) is 51.6 Å². The lowest BCUT2D eigenvalue weighted by Crippen LogP contribution is -2.46. The lowest BCUT2D eigenvalue weighted by Gasteiger charge is -2.39. The van der Waals surface area contributed by atoms with Gasteiger partial charge in [-0.3, -0.25) is 9.69 Å². The first kappa shape index (κ1) is 22.4. The van der Waals surface area contributed by atoms with Crippen LogP contribution in [0.1, 0.15) is 53.7 Å². The van der Waals surface area contributed by atoms with Crippen molar-refractivity contribution in [1.29, 1.82) is 0 Å². The number of nitrogens with two attached hydrogens (primary N) is 1. The molecule has 1 fully saturated rings. The van der Waals surface area contributed by atoms with Gasteiger partial charge in [0.2, 0.25) is 0 Å². The second-order valence-corrected chi connectivity index (χ2v) is 9.99. The predicted molar refractivity (Wildman–Crippen MR) is 122 cm³/mol. The van der Waals surface area contributed by atoms with E-state index >= 15 is 0 Å². The summed E-state index contributed by atoms with van der Waals surface area (Å²) in [5.74, 6) is -0.217. The van der Waals surface area contributed by atoms with Crippen LogP contribution in [0.15, 0.2) is 12.1 Å². The molecule has 4 rings (SSSR count). The van der Waals surface area contributed by atoms with E-state index in [1.54, 1.807) is 11.3 Å². The average molecular weight is 466 g/mol. The van der Waals surface area contributed by atoms with Crippen LogP contribution in [0.3, 0.4) is 0 Å². The predicted octanol–water partition coefficient (Wildman–Crippen LogP) is 4.03. The number of pyridine rings is 1. The molecule has 3 heterocycles. The number of hydrogen-bond donors (Lipinski definition) is 1. The van der Waals surface area contributed by atoms with Crippen LogP contribution in [0.4, 0.5) is 9.52 Å². The molecule has 2 aliphatic rings. The van der Waals surface area contributed by atoms with Crippen molar-refractivity contribution < 1.29 is 9.18 Å². The Balaban J connectivity index is 1.33. The Hall–Kier alpha value is -1.77. The number of halogens is 2. The number of thiazole rings is 1. The quantitative estimate of drug-likeness (QED) is 0.652. The van der Waals surface area contributed by atoms with Crippen molar-refractivity contribution in [3.8, 4) is 0 Å². The zero-order valence-electron chi connectivity index (χ0n) is 17.8. The van der Waals surface area contributed by atoms with Gasteiger partial charge in [0, 0.05) is 30.6 Å². The van der Waals surface area contributed by atoms with Gasteiger partial charge in [-0.1, -0.05) is 18.5 Å². The summed E-state index contributed by atoms with van der Waals surface area (Å²) >= 11 is 7.38. The van der Waals surface area contributed by atoms with Crippen molar-refractivity contribution in [2.75, 3.05) is 31.9 Å². The monoisotopic (exact) mass is 465 g/mol. The van der Waals surface area contributed by atoms with E-state index in [-0.39, 0.29) is 16.8 Å². The van der Waals surface area contributed by atoms with Crippen molar-refractivity contribution in [3.05, 3.63) is 39.4 Å². The fraction of sp³-hybridized carbons (Fsp3) is 0.591. The number of aryl methyl sites for hydroxylation is 1. The molecule has 1 saturated heterocycles. The fourth-order valence-electron chi connectivity index (χ4n) is 4.75. The number of anilines is 1. The molecule has 1 atom stereocenters. The molecule has 1 aliphatic heterocycles. The Morgan fingerprint density at radius 2 is 2.10 bits per heavy atom. The summed E-state index contributed by atoms with van der Waals surface area (Å²) in [6.07, 6.45) is 6.23. The van der Waals surface area contributed by atoms with Crippen LogP contribution in [0, 0.1) is 11.7 Å². The van der Waals surface area contributed by atoms with E-state index in [1.165, 1.54) is 22.7 Å². The SMILES string of the molecule is CCCN(CC1CCN(C(=O)c2ccc(F)c(Cl)n2)CC1)[C@H]1CCc2nc(N)sc2C1. The topological polar surface area (TPSA) is 75.3 Å². The lowest BCUT2D eigenvalue weighted by atomic mass is 9.92. The molecule has 2 aromatic heterocycles. The molecule has 0 radical (unpaired) electrons. The van der Waals surface area contributed by atoms with Crippen molar-refractivity contribution in [3.63, 3.8) is 0 Å². The number of fused-ring (bicyclic) bond motifs is 1. The third-order valence-corrected chi connectivity index (χ3v) is 7.59. The minimum atomic E-state index is -0.608. The largest absolute Gasteiger partial charge is 0.375 e. The van der Waals surface area contributed by atoms with Crippen LogP contribution in [0.25, 0.3) is 0 Å². The molecular weight excluding hydrogens is 437 g/mol. The highest BCUT2D eigenvalue weighted by molar-refractivity contribution is 7.15. The number of aromatic nitrogens is 2.